The molecule has 1 unspecified atom stereocenters. The summed E-state index contributed by atoms with van der Waals surface area (Å²) in [5, 5.41) is 5.40. The molecule has 2 aromatic rings. The van der Waals surface area contributed by atoms with Crippen LogP contribution in [0.5, 0.6) is 0 Å². The van der Waals surface area contributed by atoms with Crippen LogP contribution in [0.25, 0.3) is 0 Å². The molecule has 0 aliphatic carbocycles. The lowest BCUT2D eigenvalue weighted by Gasteiger charge is -2.15. The molecule has 1 N–H and O–H groups in total. The third kappa shape index (κ3) is 3.84. The molecule has 1 aromatic carbocycles. The minimum atomic E-state index is -4.27. The fourth-order valence-corrected chi connectivity index (χ4v) is 2.87. The summed E-state index contributed by atoms with van der Waals surface area (Å²) in [6, 6.07) is 9.62. The van der Waals surface area contributed by atoms with Gasteiger partial charge in [-0.05, 0) is 35.6 Å². The van der Waals surface area contributed by atoms with Gasteiger partial charge in [0.1, 0.15) is 0 Å². The predicted molar refractivity (Wildman–Crippen MR) is 75.6 cm³/mol. The van der Waals surface area contributed by atoms with Crippen molar-refractivity contribution in [1.82, 2.24) is 5.32 Å². The van der Waals surface area contributed by atoms with Crippen molar-refractivity contribution in [2.75, 3.05) is 0 Å². The molecule has 0 aliphatic heterocycles. The second kappa shape index (κ2) is 6.41. The number of nitrogens with one attached hydrogen (secondary N) is 1. The van der Waals surface area contributed by atoms with Crippen LogP contribution in [0.4, 0.5) is 13.2 Å². The van der Waals surface area contributed by atoms with E-state index in [1.807, 2.05) is 11.4 Å². The van der Waals surface area contributed by atoms with Crippen molar-refractivity contribution in [3.8, 4) is 0 Å². The summed E-state index contributed by atoms with van der Waals surface area (Å²) in [7, 11) is 0. The van der Waals surface area contributed by atoms with Gasteiger partial charge in [-0.1, -0.05) is 25.1 Å². The summed E-state index contributed by atoms with van der Waals surface area (Å²) in [4.78, 5) is 1.25. The highest BCUT2D eigenvalue weighted by Crippen LogP contribution is 2.29. The highest BCUT2D eigenvalue weighted by Gasteiger charge is 2.29. The quantitative estimate of drug-likeness (QED) is 0.818. The number of halogens is 3. The Kier molecular flexibility index (Phi) is 4.83. The third-order valence-electron chi connectivity index (χ3n) is 3.13. The molecular formula is C15H16F3NS. The SMILES string of the molecule is CCC(NCc1ccc(C(F)(F)F)cc1)c1cccs1. The maximum absolute atomic E-state index is 12.5. The number of thiophene rings is 1. The number of benzene rings is 1. The van der Waals surface area contributed by atoms with Gasteiger partial charge in [0.25, 0.3) is 0 Å². The third-order valence-corrected chi connectivity index (χ3v) is 4.11. The van der Waals surface area contributed by atoms with Gasteiger partial charge in [0, 0.05) is 17.5 Å². The van der Waals surface area contributed by atoms with Crippen LogP contribution in [0.1, 0.15) is 35.4 Å². The summed E-state index contributed by atoms with van der Waals surface area (Å²) in [5.74, 6) is 0. The zero-order valence-corrected chi connectivity index (χ0v) is 11.9. The Morgan fingerprint density at radius 2 is 1.85 bits per heavy atom. The highest BCUT2D eigenvalue weighted by molar-refractivity contribution is 7.10. The molecule has 1 atom stereocenters. The van der Waals surface area contributed by atoms with Crippen LogP contribution in [0.3, 0.4) is 0 Å². The Morgan fingerprint density at radius 1 is 1.15 bits per heavy atom. The van der Waals surface area contributed by atoms with Crippen LogP contribution in [-0.4, -0.2) is 0 Å². The summed E-state index contributed by atoms with van der Waals surface area (Å²) in [5.41, 5.74) is 0.250. The molecule has 1 heterocycles. The van der Waals surface area contributed by atoms with E-state index in [0.717, 1.165) is 24.1 Å². The van der Waals surface area contributed by atoms with Crippen molar-refractivity contribution in [2.24, 2.45) is 0 Å². The Bertz CT molecular complexity index is 517. The lowest BCUT2D eigenvalue weighted by molar-refractivity contribution is -0.137. The molecule has 0 aliphatic rings. The van der Waals surface area contributed by atoms with Crippen molar-refractivity contribution in [3.05, 3.63) is 57.8 Å². The zero-order chi connectivity index (χ0) is 14.6. The molecular weight excluding hydrogens is 283 g/mol. The fraction of sp³-hybridized carbons (Fsp3) is 0.333. The van der Waals surface area contributed by atoms with Crippen LogP contribution in [0.2, 0.25) is 0 Å². The number of hydrogen-bond donors (Lipinski definition) is 1. The fourth-order valence-electron chi connectivity index (χ4n) is 1.99. The molecule has 0 saturated carbocycles. The van der Waals surface area contributed by atoms with Crippen molar-refractivity contribution in [3.63, 3.8) is 0 Å². The van der Waals surface area contributed by atoms with Crippen LogP contribution in [-0.2, 0) is 12.7 Å². The maximum Gasteiger partial charge on any atom is 0.416 e. The Hall–Kier alpha value is -1.33. The first-order valence-electron chi connectivity index (χ1n) is 6.43. The van der Waals surface area contributed by atoms with Crippen LogP contribution >= 0.6 is 11.3 Å². The predicted octanol–water partition coefficient (Wildman–Crippen LogP) is 5.01. The van der Waals surface area contributed by atoms with E-state index in [4.69, 9.17) is 0 Å². The topological polar surface area (TPSA) is 12.0 Å². The van der Waals surface area contributed by atoms with E-state index in [0.29, 0.717) is 6.54 Å². The molecule has 1 aromatic heterocycles. The van der Waals surface area contributed by atoms with E-state index in [2.05, 4.69) is 18.3 Å². The van der Waals surface area contributed by atoms with Gasteiger partial charge in [-0.25, -0.2) is 0 Å². The van der Waals surface area contributed by atoms with Gasteiger partial charge in [-0.2, -0.15) is 13.2 Å². The average Bonchev–Trinajstić information content (AvgIpc) is 2.93. The Labute approximate surface area is 120 Å². The van der Waals surface area contributed by atoms with E-state index in [1.165, 1.54) is 17.0 Å². The molecule has 0 amide bonds. The van der Waals surface area contributed by atoms with Crippen LogP contribution in [0.15, 0.2) is 41.8 Å². The molecule has 108 valence electrons. The summed E-state index contributed by atoms with van der Waals surface area (Å²) in [6.45, 7) is 2.65. The first-order chi connectivity index (χ1) is 9.50. The minimum absolute atomic E-state index is 0.247. The highest BCUT2D eigenvalue weighted by atomic mass is 32.1. The lowest BCUT2D eigenvalue weighted by Crippen LogP contribution is -2.19. The van der Waals surface area contributed by atoms with Crippen molar-refractivity contribution < 1.29 is 13.2 Å². The molecule has 0 saturated heterocycles. The second-order valence-corrected chi connectivity index (χ2v) is 5.53. The van der Waals surface area contributed by atoms with Crippen LogP contribution in [0, 0.1) is 0 Å². The average molecular weight is 299 g/mol. The summed E-state index contributed by atoms with van der Waals surface area (Å²) in [6.07, 6.45) is -3.32. The van der Waals surface area contributed by atoms with Crippen molar-refractivity contribution in [2.45, 2.75) is 32.1 Å². The van der Waals surface area contributed by atoms with Gasteiger partial charge < -0.3 is 5.32 Å². The van der Waals surface area contributed by atoms with Gasteiger partial charge >= 0.3 is 6.18 Å². The summed E-state index contributed by atoms with van der Waals surface area (Å²) >= 11 is 1.69. The molecule has 20 heavy (non-hydrogen) atoms. The zero-order valence-electron chi connectivity index (χ0n) is 11.1. The van der Waals surface area contributed by atoms with Gasteiger partial charge in [-0.15, -0.1) is 11.3 Å². The molecule has 0 bridgehead atoms. The summed E-state index contributed by atoms with van der Waals surface area (Å²) < 4.78 is 37.4. The first kappa shape index (κ1) is 15.1. The number of hydrogen-bond acceptors (Lipinski definition) is 2. The maximum atomic E-state index is 12.5. The standard InChI is InChI=1S/C15H16F3NS/c1-2-13(14-4-3-9-20-14)19-10-11-5-7-12(8-6-11)15(16,17)18/h3-9,13,19H,2,10H2,1H3. The largest absolute Gasteiger partial charge is 0.416 e. The van der Waals surface area contributed by atoms with E-state index >= 15 is 0 Å². The lowest BCUT2D eigenvalue weighted by atomic mass is 10.1. The monoisotopic (exact) mass is 299 g/mol. The van der Waals surface area contributed by atoms with Gasteiger partial charge in [-0.3, -0.25) is 0 Å². The second-order valence-electron chi connectivity index (χ2n) is 4.55. The minimum Gasteiger partial charge on any atom is -0.305 e. The van der Waals surface area contributed by atoms with E-state index in [-0.39, 0.29) is 6.04 Å². The van der Waals surface area contributed by atoms with E-state index in [9.17, 15) is 13.2 Å². The normalized spacial score (nSPS) is 13.4. The van der Waals surface area contributed by atoms with Gasteiger partial charge in [0.05, 0.1) is 5.56 Å². The number of rotatable bonds is 5. The molecule has 0 spiro atoms. The van der Waals surface area contributed by atoms with E-state index in [1.54, 1.807) is 11.3 Å². The molecule has 1 nitrogen and oxygen atoms in total. The molecule has 5 heteroatoms. The Morgan fingerprint density at radius 3 is 2.35 bits per heavy atom. The smallest absolute Gasteiger partial charge is 0.305 e. The number of alkyl halides is 3. The molecule has 0 radical (unpaired) electrons. The van der Waals surface area contributed by atoms with Crippen LogP contribution < -0.4 is 5.32 Å². The van der Waals surface area contributed by atoms with Gasteiger partial charge in [0.15, 0.2) is 0 Å². The van der Waals surface area contributed by atoms with Gasteiger partial charge in [0.2, 0.25) is 0 Å². The van der Waals surface area contributed by atoms with Crippen molar-refractivity contribution >= 4 is 11.3 Å². The Balaban J connectivity index is 1.97. The molecule has 2 rings (SSSR count). The first-order valence-corrected chi connectivity index (χ1v) is 7.31. The van der Waals surface area contributed by atoms with E-state index < -0.39 is 11.7 Å². The van der Waals surface area contributed by atoms with Crippen molar-refractivity contribution in [1.29, 1.82) is 0 Å². The molecule has 0 fully saturated rings.